The summed E-state index contributed by atoms with van der Waals surface area (Å²) in [6.45, 7) is 4.66. The molecule has 2 aliphatic rings. The van der Waals surface area contributed by atoms with E-state index in [1.165, 1.54) is 10.4 Å². The minimum Gasteiger partial charge on any atom is -0.486 e. The minimum absolute atomic E-state index is 0.0228. The highest BCUT2D eigenvalue weighted by Gasteiger charge is 2.45. The molecule has 0 amide bonds. The van der Waals surface area contributed by atoms with Gasteiger partial charge >= 0.3 is 5.97 Å². The molecule has 0 radical (unpaired) electrons. The number of aliphatic carboxylic acids is 1. The molecule has 3 rings (SSSR count). The van der Waals surface area contributed by atoms with Crippen LogP contribution in [0.3, 0.4) is 0 Å². The second-order valence-corrected chi connectivity index (χ2v) is 8.36. The monoisotopic (exact) mass is 355 g/mol. The zero-order valence-corrected chi connectivity index (χ0v) is 14.5. The molecular formula is C16H21NO6S. The first-order valence-corrected chi connectivity index (χ1v) is 9.38. The van der Waals surface area contributed by atoms with Crippen LogP contribution in [0.4, 0.5) is 0 Å². The van der Waals surface area contributed by atoms with Crippen molar-refractivity contribution in [1.82, 2.24) is 4.31 Å². The quantitative estimate of drug-likeness (QED) is 0.878. The van der Waals surface area contributed by atoms with E-state index < -0.39 is 21.9 Å². The predicted octanol–water partition coefficient (Wildman–Crippen LogP) is 1.44. The van der Waals surface area contributed by atoms with Gasteiger partial charge in [-0.2, -0.15) is 4.31 Å². The first kappa shape index (κ1) is 17.0. The van der Waals surface area contributed by atoms with Crippen LogP contribution < -0.4 is 9.47 Å². The Hall–Kier alpha value is -1.80. The van der Waals surface area contributed by atoms with Crippen molar-refractivity contribution in [3.8, 4) is 11.5 Å². The third-order valence-electron chi connectivity index (χ3n) is 4.65. The molecule has 2 heterocycles. The fourth-order valence-electron chi connectivity index (χ4n) is 3.31. The Morgan fingerprint density at radius 1 is 1.25 bits per heavy atom. The molecule has 0 saturated carbocycles. The minimum atomic E-state index is -3.85. The summed E-state index contributed by atoms with van der Waals surface area (Å²) in [6, 6.07) is 4.74. The van der Waals surface area contributed by atoms with Crippen molar-refractivity contribution in [3.05, 3.63) is 18.2 Å². The van der Waals surface area contributed by atoms with Gasteiger partial charge in [-0.3, -0.25) is 4.79 Å². The maximum Gasteiger partial charge on any atom is 0.308 e. The Morgan fingerprint density at radius 3 is 2.58 bits per heavy atom. The van der Waals surface area contributed by atoms with Crippen molar-refractivity contribution < 1.29 is 27.8 Å². The highest BCUT2D eigenvalue weighted by molar-refractivity contribution is 7.89. The number of hydrogen-bond donors (Lipinski definition) is 1. The van der Waals surface area contributed by atoms with E-state index in [-0.39, 0.29) is 42.2 Å². The number of hydrogen-bond acceptors (Lipinski definition) is 5. The number of sulfonamides is 1. The van der Waals surface area contributed by atoms with E-state index in [9.17, 15) is 18.3 Å². The molecule has 1 aromatic rings. The number of fused-ring (bicyclic) bond motifs is 1. The van der Waals surface area contributed by atoms with E-state index >= 15 is 0 Å². The first-order chi connectivity index (χ1) is 11.3. The number of ether oxygens (including phenoxy) is 2. The Bertz CT molecular complexity index is 745. The molecule has 7 nitrogen and oxygen atoms in total. The smallest absolute Gasteiger partial charge is 0.308 e. The number of benzene rings is 1. The summed E-state index contributed by atoms with van der Waals surface area (Å²) >= 11 is 0. The fourth-order valence-corrected chi connectivity index (χ4v) is 4.96. The van der Waals surface area contributed by atoms with Crippen LogP contribution in [0, 0.1) is 17.8 Å². The highest BCUT2D eigenvalue weighted by Crippen LogP contribution is 2.40. The van der Waals surface area contributed by atoms with Gasteiger partial charge in [-0.05, 0) is 24.0 Å². The summed E-state index contributed by atoms with van der Waals surface area (Å²) in [4.78, 5) is 11.5. The molecule has 0 aromatic heterocycles. The molecule has 2 aliphatic heterocycles. The topological polar surface area (TPSA) is 93.1 Å². The molecule has 0 spiro atoms. The number of nitrogens with zero attached hydrogens (tertiary/aromatic N) is 1. The summed E-state index contributed by atoms with van der Waals surface area (Å²) in [5.41, 5.74) is 0. The van der Waals surface area contributed by atoms with Crippen LogP contribution in [-0.4, -0.2) is 50.1 Å². The lowest BCUT2D eigenvalue weighted by molar-refractivity contribution is -0.142. The highest BCUT2D eigenvalue weighted by atomic mass is 32.2. The summed E-state index contributed by atoms with van der Waals surface area (Å²) < 4.78 is 38.3. The summed E-state index contributed by atoms with van der Waals surface area (Å²) in [5, 5.41) is 9.41. The van der Waals surface area contributed by atoms with Gasteiger partial charge in [-0.25, -0.2) is 8.42 Å². The Balaban J connectivity index is 1.96. The summed E-state index contributed by atoms with van der Waals surface area (Å²) in [5.74, 6) is -1.18. The number of para-hydroxylation sites is 1. The second kappa shape index (κ2) is 6.25. The molecule has 0 unspecified atom stereocenters. The van der Waals surface area contributed by atoms with Crippen LogP contribution >= 0.6 is 0 Å². The van der Waals surface area contributed by atoms with Gasteiger partial charge in [0.2, 0.25) is 10.0 Å². The van der Waals surface area contributed by atoms with Gasteiger partial charge in [0.05, 0.1) is 5.92 Å². The SMILES string of the molecule is CC(C)[C@@H]1CN(S(=O)(=O)c2cccc3c2OCCO3)C[C@H]1C(=O)O. The lowest BCUT2D eigenvalue weighted by Gasteiger charge is -2.23. The van der Waals surface area contributed by atoms with E-state index in [2.05, 4.69) is 0 Å². The van der Waals surface area contributed by atoms with Crippen LogP contribution in [0.25, 0.3) is 0 Å². The first-order valence-electron chi connectivity index (χ1n) is 7.94. The predicted molar refractivity (Wildman–Crippen MR) is 85.6 cm³/mol. The van der Waals surface area contributed by atoms with Crippen molar-refractivity contribution in [3.63, 3.8) is 0 Å². The molecule has 24 heavy (non-hydrogen) atoms. The second-order valence-electron chi connectivity index (χ2n) is 6.45. The molecule has 8 heteroatoms. The van der Waals surface area contributed by atoms with E-state index in [1.807, 2.05) is 13.8 Å². The number of rotatable bonds is 4. The molecule has 0 aliphatic carbocycles. The lowest BCUT2D eigenvalue weighted by Crippen LogP contribution is -2.31. The molecule has 0 bridgehead atoms. The molecular weight excluding hydrogens is 334 g/mol. The van der Waals surface area contributed by atoms with E-state index in [0.29, 0.717) is 12.4 Å². The van der Waals surface area contributed by atoms with Gasteiger partial charge in [0.1, 0.15) is 18.1 Å². The number of carboxylic acid groups (broad SMARTS) is 1. The third-order valence-corrected chi connectivity index (χ3v) is 6.51. The zero-order valence-electron chi connectivity index (χ0n) is 13.6. The normalized spacial score (nSPS) is 24.3. The van der Waals surface area contributed by atoms with E-state index in [0.717, 1.165) is 0 Å². The molecule has 2 atom stereocenters. The van der Waals surface area contributed by atoms with Crippen LogP contribution in [0.5, 0.6) is 11.5 Å². The standard InChI is InChI=1S/C16H21NO6S/c1-10(2)11-8-17(9-12(11)16(18)19)24(20,21)14-5-3-4-13-15(14)23-7-6-22-13/h3-5,10-12H,6-9H2,1-2H3,(H,18,19)/t11-,12+/m0/s1. The molecule has 1 fully saturated rings. The largest absolute Gasteiger partial charge is 0.486 e. The number of carbonyl (C=O) groups is 1. The van der Waals surface area contributed by atoms with Crippen molar-refractivity contribution in [2.75, 3.05) is 26.3 Å². The van der Waals surface area contributed by atoms with Gasteiger partial charge in [-0.15, -0.1) is 0 Å². The Labute approximate surface area is 141 Å². The van der Waals surface area contributed by atoms with Crippen molar-refractivity contribution in [2.45, 2.75) is 18.7 Å². The van der Waals surface area contributed by atoms with Gasteiger partial charge in [0.25, 0.3) is 0 Å². The zero-order chi connectivity index (χ0) is 17.5. The average molecular weight is 355 g/mol. The Morgan fingerprint density at radius 2 is 1.96 bits per heavy atom. The third kappa shape index (κ3) is 2.84. The molecule has 1 N–H and O–H groups in total. The van der Waals surface area contributed by atoms with Crippen LogP contribution in [0.2, 0.25) is 0 Å². The maximum atomic E-state index is 13.0. The molecule has 132 valence electrons. The maximum absolute atomic E-state index is 13.0. The number of carboxylic acids is 1. The Kier molecular flexibility index (Phi) is 4.44. The van der Waals surface area contributed by atoms with Crippen molar-refractivity contribution in [1.29, 1.82) is 0 Å². The van der Waals surface area contributed by atoms with Gasteiger partial charge in [-0.1, -0.05) is 19.9 Å². The average Bonchev–Trinajstić information content (AvgIpc) is 3.01. The fraction of sp³-hybridized carbons (Fsp3) is 0.562. The van der Waals surface area contributed by atoms with Crippen molar-refractivity contribution >= 4 is 16.0 Å². The summed E-state index contributed by atoms with van der Waals surface area (Å²) in [6.07, 6.45) is 0. The van der Waals surface area contributed by atoms with Crippen LogP contribution in [0.15, 0.2) is 23.1 Å². The van der Waals surface area contributed by atoms with Crippen LogP contribution in [0.1, 0.15) is 13.8 Å². The van der Waals surface area contributed by atoms with Crippen molar-refractivity contribution in [2.24, 2.45) is 17.8 Å². The van der Waals surface area contributed by atoms with E-state index in [1.54, 1.807) is 12.1 Å². The van der Waals surface area contributed by atoms with Crippen LogP contribution in [-0.2, 0) is 14.8 Å². The van der Waals surface area contributed by atoms with Gasteiger partial charge in [0, 0.05) is 13.1 Å². The lowest BCUT2D eigenvalue weighted by atomic mass is 9.86. The van der Waals surface area contributed by atoms with Gasteiger partial charge < -0.3 is 14.6 Å². The molecule has 1 saturated heterocycles. The van der Waals surface area contributed by atoms with Gasteiger partial charge in [0.15, 0.2) is 11.5 Å². The summed E-state index contributed by atoms with van der Waals surface area (Å²) in [7, 11) is -3.85. The van der Waals surface area contributed by atoms with E-state index in [4.69, 9.17) is 9.47 Å². The molecule has 1 aromatic carbocycles.